The number of carbonyl (C=O) groups excluding carboxylic acids is 1. The normalized spacial score (nSPS) is 13.6. The highest BCUT2D eigenvalue weighted by Gasteiger charge is 2.27. The van der Waals surface area contributed by atoms with Crippen molar-refractivity contribution in [3.8, 4) is 11.8 Å². The van der Waals surface area contributed by atoms with Crippen LogP contribution in [0.15, 0.2) is 18.2 Å². The van der Waals surface area contributed by atoms with E-state index in [-0.39, 0.29) is 5.91 Å². The van der Waals surface area contributed by atoms with E-state index in [1.54, 1.807) is 0 Å². The van der Waals surface area contributed by atoms with Gasteiger partial charge in [-0.1, -0.05) is 17.9 Å². The minimum atomic E-state index is 0.0840. The molecule has 1 fully saturated rings. The van der Waals surface area contributed by atoms with E-state index in [1.807, 2.05) is 36.9 Å². The summed E-state index contributed by atoms with van der Waals surface area (Å²) in [7, 11) is 0. The van der Waals surface area contributed by atoms with Gasteiger partial charge in [-0.2, -0.15) is 0 Å². The van der Waals surface area contributed by atoms with Gasteiger partial charge >= 0.3 is 0 Å². The molecule has 1 saturated carbocycles. The lowest BCUT2D eigenvalue weighted by Gasteiger charge is -2.21. The summed E-state index contributed by atoms with van der Waals surface area (Å²) in [6.45, 7) is 5.95. The maximum Gasteiger partial charge on any atom is 0.255 e. The van der Waals surface area contributed by atoms with Crippen LogP contribution in [-0.4, -0.2) is 30.4 Å². The average Bonchev–Trinajstić information content (AvgIpc) is 3.26. The van der Waals surface area contributed by atoms with Gasteiger partial charge in [-0.25, -0.2) is 0 Å². The molecule has 0 spiro atoms. The maximum atomic E-state index is 12.7. The van der Waals surface area contributed by atoms with E-state index in [2.05, 4.69) is 11.8 Å². The largest absolute Gasteiger partial charge is 0.339 e. The van der Waals surface area contributed by atoms with Crippen LogP contribution in [0, 0.1) is 24.7 Å². The molecule has 2 N–H and O–H groups in total. The molecule has 0 atom stereocenters. The average molecular weight is 270 g/mol. The van der Waals surface area contributed by atoms with Crippen molar-refractivity contribution in [2.45, 2.75) is 26.7 Å². The molecule has 0 unspecified atom stereocenters. The Morgan fingerprint density at radius 3 is 2.80 bits per heavy atom. The molecular formula is C17H22N2O. The van der Waals surface area contributed by atoms with Crippen molar-refractivity contribution in [3.05, 3.63) is 34.9 Å². The molecule has 0 radical (unpaired) electrons. The zero-order valence-electron chi connectivity index (χ0n) is 12.3. The van der Waals surface area contributed by atoms with Crippen LogP contribution in [-0.2, 0) is 0 Å². The Morgan fingerprint density at radius 1 is 1.45 bits per heavy atom. The Kier molecular flexibility index (Phi) is 4.81. The molecule has 1 amide bonds. The number of nitrogens with zero attached hydrogens (tertiary/aromatic N) is 1. The van der Waals surface area contributed by atoms with Gasteiger partial charge in [-0.3, -0.25) is 4.79 Å². The molecule has 1 aliphatic carbocycles. The number of amides is 1. The van der Waals surface area contributed by atoms with Gasteiger partial charge in [0.05, 0.1) is 12.1 Å². The molecule has 0 aliphatic heterocycles. The van der Waals surface area contributed by atoms with Crippen molar-refractivity contribution < 1.29 is 4.79 Å². The van der Waals surface area contributed by atoms with Gasteiger partial charge in [0.15, 0.2) is 0 Å². The molecule has 1 aromatic rings. The van der Waals surface area contributed by atoms with E-state index in [1.165, 1.54) is 12.8 Å². The molecule has 0 aromatic heterocycles. The zero-order chi connectivity index (χ0) is 14.5. The molecule has 106 valence electrons. The molecule has 20 heavy (non-hydrogen) atoms. The van der Waals surface area contributed by atoms with Crippen LogP contribution in [0.2, 0.25) is 0 Å². The highest BCUT2D eigenvalue weighted by molar-refractivity contribution is 5.96. The molecule has 2 rings (SSSR count). The SMILES string of the molecule is CCN(CC1CC1)C(=O)c1ccc(C)cc1C#CCN. The fourth-order valence-electron chi connectivity index (χ4n) is 2.23. The smallest absolute Gasteiger partial charge is 0.255 e. The van der Waals surface area contributed by atoms with E-state index in [0.29, 0.717) is 18.0 Å². The fourth-order valence-corrected chi connectivity index (χ4v) is 2.23. The number of nitrogens with two attached hydrogens (primary N) is 1. The fraction of sp³-hybridized carbons (Fsp3) is 0.471. The topological polar surface area (TPSA) is 46.3 Å². The number of carbonyl (C=O) groups is 1. The van der Waals surface area contributed by atoms with Gasteiger partial charge in [0, 0.05) is 18.7 Å². The monoisotopic (exact) mass is 270 g/mol. The van der Waals surface area contributed by atoms with E-state index < -0.39 is 0 Å². The molecule has 3 heteroatoms. The summed E-state index contributed by atoms with van der Waals surface area (Å²) in [4.78, 5) is 14.6. The van der Waals surface area contributed by atoms with E-state index in [4.69, 9.17) is 5.73 Å². The van der Waals surface area contributed by atoms with Gasteiger partial charge in [0.2, 0.25) is 0 Å². The minimum Gasteiger partial charge on any atom is -0.339 e. The highest BCUT2D eigenvalue weighted by atomic mass is 16.2. The zero-order valence-corrected chi connectivity index (χ0v) is 12.3. The Labute approximate surface area is 121 Å². The molecule has 1 aliphatic rings. The first-order valence-electron chi connectivity index (χ1n) is 7.24. The lowest BCUT2D eigenvalue weighted by Crippen LogP contribution is -2.33. The van der Waals surface area contributed by atoms with Crippen LogP contribution in [0.1, 0.15) is 41.3 Å². The van der Waals surface area contributed by atoms with Crippen LogP contribution >= 0.6 is 0 Å². The Hall–Kier alpha value is -1.79. The maximum absolute atomic E-state index is 12.7. The first-order chi connectivity index (χ1) is 9.65. The predicted molar refractivity (Wildman–Crippen MR) is 81.4 cm³/mol. The first kappa shape index (κ1) is 14.6. The van der Waals surface area contributed by atoms with Crippen molar-refractivity contribution in [1.29, 1.82) is 0 Å². The minimum absolute atomic E-state index is 0.0840. The van der Waals surface area contributed by atoms with Crippen LogP contribution in [0.3, 0.4) is 0 Å². The van der Waals surface area contributed by atoms with Crippen LogP contribution in [0.4, 0.5) is 0 Å². The molecule has 3 nitrogen and oxygen atoms in total. The summed E-state index contributed by atoms with van der Waals surface area (Å²) in [5.41, 5.74) is 8.02. The molecule has 0 bridgehead atoms. The number of aryl methyl sites for hydroxylation is 1. The van der Waals surface area contributed by atoms with Gasteiger partial charge in [0.1, 0.15) is 0 Å². The quantitative estimate of drug-likeness (QED) is 0.852. The number of hydrogen-bond donors (Lipinski definition) is 1. The summed E-state index contributed by atoms with van der Waals surface area (Å²) in [6.07, 6.45) is 2.50. The van der Waals surface area contributed by atoms with E-state index in [9.17, 15) is 4.79 Å². The second kappa shape index (κ2) is 6.58. The number of rotatable bonds is 4. The summed E-state index contributed by atoms with van der Waals surface area (Å²) >= 11 is 0. The van der Waals surface area contributed by atoms with Crippen LogP contribution in [0.5, 0.6) is 0 Å². The molecule has 0 heterocycles. The van der Waals surface area contributed by atoms with Gasteiger partial charge in [0.25, 0.3) is 5.91 Å². The summed E-state index contributed by atoms with van der Waals surface area (Å²) in [5, 5.41) is 0. The van der Waals surface area contributed by atoms with Gasteiger partial charge in [-0.05, 0) is 50.3 Å². The number of hydrogen-bond acceptors (Lipinski definition) is 2. The van der Waals surface area contributed by atoms with Gasteiger partial charge in [-0.15, -0.1) is 0 Å². The molecular weight excluding hydrogens is 248 g/mol. The van der Waals surface area contributed by atoms with Crippen molar-refractivity contribution in [3.63, 3.8) is 0 Å². The summed E-state index contributed by atoms with van der Waals surface area (Å²) < 4.78 is 0. The second-order valence-corrected chi connectivity index (χ2v) is 5.34. The summed E-state index contributed by atoms with van der Waals surface area (Å²) in [6, 6.07) is 5.81. The third kappa shape index (κ3) is 3.61. The Morgan fingerprint density at radius 2 is 2.20 bits per heavy atom. The molecule has 0 saturated heterocycles. The third-order valence-corrected chi connectivity index (χ3v) is 3.58. The predicted octanol–water partition coefficient (Wildman–Crippen LogP) is 2.18. The summed E-state index contributed by atoms with van der Waals surface area (Å²) in [5.74, 6) is 6.65. The van der Waals surface area contributed by atoms with Crippen molar-refractivity contribution in [1.82, 2.24) is 4.90 Å². The lowest BCUT2D eigenvalue weighted by atomic mass is 10.0. The van der Waals surface area contributed by atoms with Crippen molar-refractivity contribution in [2.24, 2.45) is 11.7 Å². The highest BCUT2D eigenvalue weighted by Crippen LogP contribution is 2.30. The van der Waals surface area contributed by atoms with Crippen molar-refractivity contribution >= 4 is 5.91 Å². The second-order valence-electron chi connectivity index (χ2n) is 5.34. The van der Waals surface area contributed by atoms with Gasteiger partial charge < -0.3 is 10.6 Å². The van der Waals surface area contributed by atoms with Crippen molar-refractivity contribution in [2.75, 3.05) is 19.6 Å². The lowest BCUT2D eigenvalue weighted by molar-refractivity contribution is 0.0756. The van der Waals surface area contributed by atoms with Crippen LogP contribution in [0.25, 0.3) is 0 Å². The van der Waals surface area contributed by atoms with E-state index >= 15 is 0 Å². The van der Waals surface area contributed by atoms with E-state index in [0.717, 1.165) is 24.2 Å². The Bertz CT molecular complexity index is 550. The van der Waals surface area contributed by atoms with Crippen LogP contribution < -0.4 is 5.73 Å². The standard InChI is InChI=1S/C17H22N2O/c1-3-19(12-14-7-8-14)17(20)16-9-6-13(2)11-15(16)5-4-10-18/h6,9,11,14H,3,7-8,10,12,18H2,1-2H3. The first-order valence-corrected chi connectivity index (χ1v) is 7.24. The third-order valence-electron chi connectivity index (χ3n) is 3.58. The molecule has 1 aromatic carbocycles. The number of benzene rings is 1. The Balaban J connectivity index is 2.26.